The van der Waals surface area contributed by atoms with Crippen LogP contribution in [-0.4, -0.2) is 60.0 Å². The molecule has 0 fully saturated rings. The number of ether oxygens (including phenoxy) is 2. The first-order valence-corrected chi connectivity index (χ1v) is 10.0. The van der Waals surface area contributed by atoms with Gasteiger partial charge in [-0.25, -0.2) is 13.1 Å². The zero-order valence-electron chi connectivity index (χ0n) is 16.6. The molecule has 0 aliphatic carbocycles. The van der Waals surface area contributed by atoms with E-state index in [0.29, 0.717) is 11.4 Å². The number of rotatable bonds is 8. The first kappa shape index (κ1) is 22.2. The summed E-state index contributed by atoms with van der Waals surface area (Å²) in [7, 11) is 1.76. The SMILES string of the molecule is CNS(=O)(=O)c1cc(C(=O)N(C)CC(=O)Nc2ccc(OC)cc2)ccc1OC. The normalized spacial score (nSPS) is 10.9. The molecule has 2 amide bonds. The minimum absolute atomic E-state index is 0.107. The van der Waals surface area contributed by atoms with Crippen molar-refractivity contribution in [1.29, 1.82) is 0 Å². The third kappa shape index (κ3) is 5.46. The topological polar surface area (TPSA) is 114 Å². The number of nitrogens with one attached hydrogen (secondary N) is 2. The Balaban J connectivity index is 2.12. The lowest BCUT2D eigenvalue weighted by molar-refractivity contribution is -0.116. The average Bonchev–Trinajstić information content (AvgIpc) is 2.73. The summed E-state index contributed by atoms with van der Waals surface area (Å²) >= 11 is 0. The predicted molar refractivity (Wildman–Crippen MR) is 108 cm³/mol. The first-order chi connectivity index (χ1) is 13.7. The molecule has 0 unspecified atom stereocenters. The molecule has 0 bridgehead atoms. The van der Waals surface area contributed by atoms with Crippen molar-refractivity contribution in [2.75, 3.05) is 40.2 Å². The van der Waals surface area contributed by atoms with Crippen LogP contribution < -0.4 is 19.5 Å². The van der Waals surface area contributed by atoms with Crippen molar-refractivity contribution in [3.63, 3.8) is 0 Å². The fraction of sp³-hybridized carbons (Fsp3) is 0.263. The molecule has 0 heterocycles. The molecule has 2 rings (SSSR count). The molecule has 2 N–H and O–H groups in total. The monoisotopic (exact) mass is 421 g/mol. The van der Waals surface area contributed by atoms with Crippen LogP contribution in [0.3, 0.4) is 0 Å². The molecule has 9 nitrogen and oxygen atoms in total. The van der Waals surface area contributed by atoms with E-state index in [4.69, 9.17) is 9.47 Å². The molecule has 10 heteroatoms. The lowest BCUT2D eigenvalue weighted by Gasteiger charge is -2.18. The molecule has 156 valence electrons. The van der Waals surface area contributed by atoms with Crippen LogP contribution in [0.25, 0.3) is 0 Å². The average molecular weight is 421 g/mol. The summed E-state index contributed by atoms with van der Waals surface area (Å²) in [6.07, 6.45) is 0. The van der Waals surface area contributed by atoms with Crippen molar-refractivity contribution >= 4 is 27.5 Å². The van der Waals surface area contributed by atoms with Crippen molar-refractivity contribution in [2.24, 2.45) is 0 Å². The van der Waals surface area contributed by atoms with Gasteiger partial charge in [0, 0.05) is 18.3 Å². The highest BCUT2D eigenvalue weighted by atomic mass is 32.2. The summed E-state index contributed by atoms with van der Waals surface area (Å²) in [5.41, 5.74) is 0.669. The standard InChI is InChI=1S/C19H23N3O6S/c1-20-29(25,26)17-11-13(5-10-16(17)28-4)19(24)22(2)12-18(23)21-14-6-8-15(27-3)9-7-14/h5-11,20H,12H2,1-4H3,(H,21,23). The van der Waals surface area contributed by atoms with E-state index in [-0.39, 0.29) is 22.8 Å². The van der Waals surface area contributed by atoms with Gasteiger partial charge in [-0.15, -0.1) is 0 Å². The second-order valence-corrected chi connectivity index (χ2v) is 7.87. The van der Waals surface area contributed by atoms with Crippen molar-refractivity contribution in [1.82, 2.24) is 9.62 Å². The number of carbonyl (C=O) groups is 2. The molecule has 29 heavy (non-hydrogen) atoms. The van der Waals surface area contributed by atoms with Gasteiger partial charge in [0.15, 0.2) is 0 Å². The highest BCUT2D eigenvalue weighted by Crippen LogP contribution is 2.25. The van der Waals surface area contributed by atoms with E-state index in [2.05, 4.69) is 10.0 Å². The summed E-state index contributed by atoms with van der Waals surface area (Å²) < 4.78 is 36.6. The van der Waals surface area contributed by atoms with Crippen LogP contribution in [0.4, 0.5) is 5.69 Å². The molecule has 0 radical (unpaired) electrons. The number of hydrogen-bond donors (Lipinski definition) is 2. The minimum Gasteiger partial charge on any atom is -0.497 e. The van der Waals surface area contributed by atoms with Crippen molar-refractivity contribution < 1.29 is 27.5 Å². The number of benzene rings is 2. The van der Waals surface area contributed by atoms with E-state index in [1.807, 2.05) is 0 Å². The molecule has 2 aromatic carbocycles. The molecule has 0 aliphatic rings. The zero-order chi connectivity index (χ0) is 21.6. The molecule has 0 saturated heterocycles. The number of amides is 2. The van der Waals surface area contributed by atoms with Crippen LogP contribution in [-0.2, 0) is 14.8 Å². The van der Waals surface area contributed by atoms with Crippen LogP contribution in [0.5, 0.6) is 11.5 Å². The van der Waals surface area contributed by atoms with Gasteiger partial charge in [0.1, 0.15) is 16.4 Å². The maximum Gasteiger partial charge on any atom is 0.254 e. The van der Waals surface area contributed by atoms with Gasteiger partial charge in [0.25, 0.3) is 5.91 Å². The molecular formula is C19H23N3O6S. The highest BCUT2D eigenvalue weighted by molar-refractivity contribution is 7.89. The van der Waals surface area contributed by atoms with Gasteiger partial charge < -0.3 is 19.7 Å². The maximum atomic E-state index is 12.7. The Bertz CT molecular complexity index is 990. The van der Waals surface area contributed by atoms with E-state index in [0.717, 1.165) is 0 Å². The quantitative estimate of drug-likeness (QED) is 0.665. The molecule has 2 aromatic rings. The lowest BCUT2D eigenvalue weighted by Crippen LogP contribution is -2.35. The lowest BCUT2D eigenvalue weighted by atomic mass is 10.2. The number of carbonyl (C=O) groups excluding carboxylic acids is 2. The maximum absolute atomic E-state index is 12.7. The molecular weight excluding hydrogens is 398 g/mol. The summed E-state index contributed by atoms with van der Waals surface area (Å²) in [5.74, 6) is -0.148. The molecule has 0 aromatic heterocycles. The Morgan fingerprint density at radius 2 is 1.69 bits per heavy atom. The van der Waals surface area contributed by atoms with Crippen molar-refractivity contribution in [3.05, 3.63) is 48.0 Å². The second-order valence-electron chi connectivity index (χ2n) is 6.01. The van der Waals surface area contributed by atoms with E-state index in [1.165, 1.54) is 44.3 Å². The van der Waals surface area contributed by atoms with Gasteiger partial charge in [0.2, 0.25) is 15.9 Å². The Morgan fingerprint density at radius 3 is 2.24 bits per heavy atom. The molecule has 0 spiro atoms. The van der Waals surface area contributed by atoms with Crippen molar-refractivity contribution in [2.45, 2.75) is 4.90 Å². The number of hydrogen-bond acceptors (Lipinski definition) is 6. The largest absolute Gasteiger partial charge is 0.497 e. The minimum atomic E-state index is -3.83. The van der Waals surface area contributed by atoms with Crippen LogP contribution in [0, 0.1) is 0 Å². The van der Waals surface area contributed by atoms with E-state index in [9.17, 15) is 18.0 Å². The Kier molecular flexibility index (Phi) is 7.18. The Labute approximate surface area is 169 Å². The third-order valence-corrected chi connectivity index (χ3v) is 5.51. The molecule has 0 aliphatic heterocycles. The van der Waals surface area contributed by atoms with Gasteiger partial charge in [0.05, 0.1) is 20.8 Å². The number of anilines is 1. The summed E-state index contributed by atoms with van der Waals surface area (Å²) in [6.45, 7) is -0.217. The Morgan fingerprint density at radius 1 is 1.03 bits per heavy atom. The van der Waals surface area contributed by atoms with Crippen molar-refractivity contribution in [3.8, 4) is 11.5 Å². The fourth-order valence-electron chi connectivity index (χ4n) is 2.51. The van der Waals surface area contributed by atoms with Gasteiger partial charge >= 0.3 is 0 Å². The van der Waals surface area contributed by atoms with Gasteiger partial charge in [-0.3, -0.25) is 9.59 Å². The number of likely N-dealkylation sites (N-methyl/N-ethyl adjacent to an activating group) is 1. The summed E-state index contributed by atoms with van der Waals surface area (Å²) in [5, 5.41) is 2.68. The van der Waals surface area contributed by atoms with Gasteiger partial charge in [-0.2, -0.15) is 0 Å². The van der Waals surface area contributed by atoms with Crippen LogP contribution >= 0.6 is 0 Å². The van der Waals surface area contributed by atoms with Gasteiger partial charge in [-0.05, 0) is 49.5 Å². The second kappa shape index (κ2) is 9.39. The number of nitrogens with zero attached hydrogens (tertiary/aromatic N) is 1. The van der Waals surface area contributed by atoms with Crippen LogP contribution in [0.1, 0.15) is 10.4 Å². The summed E-state index contributed by atoms with van der Waals surface area (Å²) in [6, 6.07) is 10.8. The summed E-state index contributed by atoms with van der Waals surface area (Å²) in [4.78, 5) is 25.9. The predicted octanol–water partition coefficient (Wildman–Crippen LogP) is 1.32. The Hall–Kier alpha value is -3.11. The highest BCUT2D eigenvalue weighted by Gasteiger charge is 2.22. The van der Waals surface area contributed by atoms with E-state index < -0.39 is 21.8 Å². The van der Waals surface area contributed by atoms with Crippen LogP contribution in [0.2, 0.25) is 0 Å². The fourth-order valence-corrected chi connectivity index (χ4v) is 3.43. The number of sulfonamides is 1. The third-order valence-electron chi connectivity index (χ3n) is 4.07. The smallest absolute Gasteiger partial charge is 0.254 e. The molecule has 0 saturated carbocycles. The molecule has 0 atom stereocenters. The van der Waals surface area contributed by atoms with E-state index >= 15 is 0 Å². The zero-order valence-corrected chi connectivity index (χ0v) is 17.4. The number of methoxy groups -OCH3 is 2. The van der Waals surface area contributed by atoms with E-state index in [1.54, 1.807) is 31.4 Å². The first-order valence-electron chi connectivity index (χ1n) is 8.52. The van der Waals surface area contributed by atoms with Crippen LogP contribution in [0.15, 0.2) is 47.4 Å². The van der Waals surface area contributed by atoms with Gasteiger partial charge in [-0.1, -0.05) is 0 Å².